The molecule has 118 valence electrons. The van der Waals surface area contributed by atoms with Crippen molar-refractivity contribution in [1.29, 1.82) is 0 Å². The van der Waals surface area contributed by atoms with Crippen LogP contribution in [0.25, 0.3) is 0 Å². The molecule has 0 aliphatic rings. The van der Waals surface area contributed by atoms with E-state index in [1.165, 1.54) is 0 Å². The molecular weight excluding hydrogens is 274 g/mol. The van der Waals surface area contributed by atoms with E-state index in [1.54, 1.807) is 13.0 Å². The largest absolute Gasteiger partial charge is 0.481 e. The normalized spacial score (nSPS) is 12.2. The molecule has 0 radical (unpaired) electrons. The minimum Gasteiger partial charge on any atom is -0.481 e. The molecule has 7 heteroatoms. The molecule has 1 unspecified atom stereocenters. The van der Waals surface area contributed by atoms with Gasteiger partial charge in [0.2, 0.25) is 0 Å². The second kappa shape index (κ2) is 8.28. The molecule has 1 aromatic rings. The van der Waals surface area contributed by atoms with E-state index in [1.807, 2.05) is 13.8 Å². The Balaban J connectivity index is 2.33. The number of amides is 2. The molecule has 1 heterocycles. The van der Waals surface area contributed by atoms with Crippen LogP contribution in [0, 0.1) is 18.8 Å². The fourth-order valence-electron chi connectivity index (χ4n) is 2.12. The average Bonchev–Trinajstić information content (AvgIpc) is 2.78. The van der Waals surface area contributed by atoms with Crippen molar-refractivity contribution in [2.24, 2.45) is 11.8 Å². The molecule has 1 aromatic heterocycles. The van der Waals surface area contributed by atoms with Gasteiger partial charge < -0.3 is 20.3 Å². The number of carboxylic acid groups (broad SMARTS) is 1. The third-order valence-corrected chi connectivity index (χ3v) is 2.93. The number of nitrogens with one attached hydrogen (secondary N) is 2. The highest BCUT2D eigenvalue weighted by Gasteiger charge is 2.16. The van der Waals surface area contributed by atoms with Crippen LogP contribution in [0.5, 0.6) is 0 Å². The lowest BCUT2D eigenvalue weighted by atomic mass is 9.94. The van der Waals surface area contributed by atoms with Gasteiger partial charge in [0.15, 0.2) is 0 Å². The van der Waals surface area contributed by atoms with Gasteiger partial charge in [-0.3, -0.25) is 4.79 Å². The standard InChI is InChI=1S/C14H23N3O4/c1-9(2)4-11(6-13(18)19)7-15-14(20)16-8-12-5-10(3)21-17-12/h5,9,11H,4,6-8H2,1-3H3,(H,18,19)(H2,15,16,20). The monoisotopic (exact) mass is 297 g/mol. The average molecular weight is 297 g/mol. The van der Waals surface area contributed by atoms with Crippen LogP contribution in [0.15, 0.2) is 10.6 Å². The Morgan fingerprint density at radius 1 is 1.38 bits per heavy atom. The Hall–Kier alpha value is -2.05. The zero-order chi connectivity index (χ0) is 15.8. The van der Waals surface area contributed by atoms with Crippen LogP contribution in [-0.4, -0.2) is 28.8 Å². The minimum atomic E-state index is -0.846. The van der Waals surface area contributed by atoms with E-state index in [2.05, 4.69) is 15.8 Å². The smallest absolute Gasteiger partial charge is 0.315 e. The summed E-state index contributed by atoms with van der Waals surface area (Å²) >= 11 is 0. The van der Waals surface area contributed by atoms with Crippen molar-refractivity contribution in [1.82, 2.24) is 15.8 Å². The Labute approximate surface area is 124 Å². The van der Waals surface area contributed by atoms with Gasteiger partial charge in [-0.25, -0.2) is 4.79 Å². The van der Waals surface area contributed by atoms with Crippen molar-refractivity contribution in [3.8, 4) is 0 Å². The highest BCUT2D eigenvalue weighted by atomic mass is 16.5. The minimum absolute atomic E-state index is 0.0565. The number of rotatable bonds is 8. The summed E-state index contributed by atoms with van der Waals surface area (Å²) in [6.07, 6.45) is 0.815. The van der Waals surface area contributed by atoms with Gasteiger partial charge in [-0.1, -0.05) is 19.0 Å². The fourth-order valence-corrected chi connectivity index (χ4v) is 2.12. The maximum absolute atomic E-state index is 11.7. The first-order valence-corrected chi connectivity index (χ1v) is 7.02. The van der Waals surface area contributed by atoms with E-state index in [4.69, 9.17) is 9.63 Å². The number of hydrogen-bond donors (Lipinski definition) is 3. The van der Waals surface area contributed by atoms with Crippen LogP contribution >= 0.6 is 0 Å². The summed E-state index contributed by atoms with van der Waals surface area (Å²) in [6.45, 7) is 6.45. The van der Waals surface area contributed by atoms with Gasteiger partial charge in [0.05, 0.1) is 6.54 Å². The molecule has 2 amide bonds. The third-order valence-electron chi connectivity index (χ3n) is 2.93. The number of hydrogen-bond acceptors (Lipinski definition) is 4. The maximum atomic E-state index is 11.7. The Morgan fingerprint density at radius 2 is 2.10 bits per heavy atom. The molecule has 3 N–H and O–H groups in total. The summed E-state index contributed by atoms with van der Waals surface area (Å²) in [5.74, 6) is 0.159. The van der Waals surface area contributed by atoms with Crippen molar-refractivity contribution < 1.29 is 19.2 Å². The number of urea groups is 1. The first-order valence-electron chi connectivity index (χ1n) is 7.02. The van der Waals surface area contributed by atoms with E-state index in [0.29, 0.717) is 23.9 Å². The first kappa shape index (κ1) is 17.0. The predicted molar refractivity (Wildman–Crippen MR) is 76.7 cm³/mol. The van der Waals surface area contributed by atoms with Gasteiger partial charge in [0.1, 0.15) is 11.5 Å². The molecule has 0 aromatic carbocycles. The number of aryl methyl sites for hydroxylation is 1. The van der Waals surface area contributed by atoms with Gasteiger partial charge in [0.25, 0.3) is 0 Å². The Morgan fingerprint density at radius 3 is 2.62 bits per heavy atom. The molecule has 0 spiro atoms. The van der Waals surface area contributed by atoms with E-state index in [9.17, 15) is 9.59 Å². The first-order chi connectivity index (χ1) is 9.86. The SMILES string of the molecule is Cc1cc(CNC(=O)NCC(CC(=O)O)CC(C)C)no1. The quantitative estimate of drug-likeness (QED) is 0.680. The molecular formula is C14H23N3O4. The van der Waals surface area contributed by atoms with Gasteiger partial charge in [-0.05, 0) is 25.2 Å². The molecule has 21 heavy (non-hydrogen) atoms. The molecule has 1 rings (SSSR count). The molecule has 7 nitrogen and oxygen atoms in total. The van der Waals surface area contributed by atoms with Crippen molar-refractivity contribution in [3.63, 3.8) is 0 Å². The molecule has 0 saturated heterocycles. The number of carbonyl (C=O) groups is 2. The number of nitrogens with zero attached hydrogens (tertiary/aromatic N) is 1. The predicted octanol–water partition coefficient (Wildman–Crippen LogP) is 1.92. The Bertz CT molecular complexity index is 471. The highest BCUT2D eigenvalue weighted by Crippen LogP contribution is 2.14. The summed E-state index contributed by atoms with van der Waals surface area (Å²) in [4.78, 5) is 22.5. The van der Waals surface area contributed by atoms with Crippen LogP contribution in [0.1, 0.15) is 38.1 Å². The van der Waals surface area contributed by atoms with Crippen LogP contribution in [-0.2, 0) is 11.3 Å². The zero-order valence-electron chi connectivity index (χ0n) is 12.7. The summed E-state index contributed by atoms with van der Waals surface area (Å²) in [6, 6.07) is 1.40. The number of aliphatic carboxylic acids is 1. The number of aromatic nitrogens is 1. The van der Waals surface area contributed by atoms with Crippen molar-refractivity contribution >= 4 is 12.0 Å². The zero-order valence-corrected chi connectivity index (χ0v) is 12.7. The van der Waals surface area contributed by atoms with E-state index < -0.39 is 5.97 Å². The lowest BCUT2D eigenvalue weighted by Gasteiger charge is -2.17. The third kappa shape index (κ3) is 7.34. The molecule has 0 aliphatic heterocycles. The molecule has 0 saturated carbocycles. The summed E-state index contributed by atoms with van der Waals surface area (Å²) in [5, 5.41) is 18.0. The van der Waals surface area contributed by atoms with E-state index >= 15 is 0 Å². The lowest BCUT2D eigenvalue weighted by molar-refractivity contribution is -0.138. The van der Waals surface area contributed by atoms with Crippen LogP contribution in [0.3, 0.4) is 0 Å². The van der Waals surface area contributed by atoms with Gasteiger partial charge in [-0.15, -0.1) is 0 Å². The molecule has 0 aliphatic carbocycles. The topological polar surface area (TPSA) is 104 Å². The highest BCUT2D eigenvalue weighted by molar-refractivity contribution is 5.74. The van der Waals surface area contributed by atoms with Crippen LogP contribution < -0.4 is 10.6 Å². The Kier molecular flexibility index (Phi) is 6.71. The molecule has 0 fully saturated rings. The fraction of sp³-hybridized carbons (Fsp3) is 0.643. The van der Waals surface area contributed by atoms with Gasteiger partial charge in [0, 0.05) is 19.0 Å². The van der Waals surface area contributed by atoms with Crippen LogP contribution in [0.4, 0.5) is 4.79 Å². The summed E-state index contributed by atoms with van der Waals surface area (Å²) in [7, 11) is 0. The van der Waals surface area contributed by atoms with Gasteiger partial charge >= 0.3 is 12.0 Å². The van der Waals surface area contributed by atoms with E-state index in [0.717, 1.165) is 6.42 Å². The summed E-state index contributed by atoms with van der Waals surface area (Å²) in [5.41, 5.74) is 0.645. The van der Waals surface area contributed by atoms with E-state index in [-0.39, 0.29) is 24.9 Å². The number of carboxylic acids is 1. The van der Waals surface area contributed by atoms with Gasteiger partial charge in [-0.2, -0.15) is 0 Å². The van der Waals surface area contributed by atoms with Crippen molar-refractivity contribution in [3.05, 3.63) is 17.5 Å². The summed E-state index contributed by atoms with van der Waals surface area (Å²) < 4.78 is 4.90. The lowest BCUT2D eigenvalue weighted by Crippen LogP contribution is -2.38. The maximum Gasteiger partial charge on any atom is 0.315 e. The number of carbonyl (C=O) groups excluding carboxylic acids is 1. The van der Waals surface area contributed by atoms with Crippen molar-refractivity contribution in [2.45, 2.75) is 40.2 Å². The van der Waals surface area contributed by atoms with Crippen molar-refractivity contribution in [2.75, 3.05) is 6.54 Å². The molecule has 0 bridgehead atoms. The second-order valence-electron chi connectivity index (χ2n) is 5.59. The molecule has 1 atom stereocenters. The second-order valence-corrected chi connectivity index (χ2v) is 5.59. The van der Waals surface area contributed by atoms with Crippen LogP contribution in [0.2, 0.25) is 0 Å².